The van der Waals surface area contributed by atoms with Crippen LogP contribution in [-0.2, 0) is 0 Å². The van der Waals surface area contributed by atoms with Gasteiger partial charge in [0.2, 0.25) is 0 Å². The fourth-order valence-electron chi connectivity index (χ4n) is 2.09. The van der Waals surface area contributed by atoms with Gasteiger partial charge in [-0.25, -0.2) is 0 Å². The van der Waals surface area contributed by atoms with Gasteiger partial charge < -0.3 is 9.84 Å². The maximum absolute atomic E-state index is 10.1. The fraction of sp³-hybridized carbons (Fsp3) is 0.231. The number of benzene rings is 1. The zero-order chi connectivity index (χ0) is 12.7. The Morgan fingerprint density at radius 1 is 1.39 bits per heavy atom. The van der Waals surface area contributed by atoms with Crippen molar-refractivity contribution in [2.75, 3.05) is 0 Å². The largest absolute Gasteiger partial charge is 0.484 e. The summed E-state index contributed by atoms with van der Waals surface area (Å²) in [5, 5.41) is 10.1. The second-order valence-electron chi connectivity index (χ2n) is 4.17. The Morgan fingerprint density at radius 2 is 2.17 bits per heavy atom. The second-order valence-corrected chi connectivity index (χ2v) is 6.71. The number of hydrogen-bond donors (Lipinski definition) is 1. The Kier molecular flexibility index (Phi) is 3.36. The van der Waals surface area contributed by atoms with Gasteiger partial charge in [-0.05, 0) is 28.1 Å². The third-order valence-corrected chi connectivity index (χ3v) is 5.53. The second kappa shape index (κ2) is 4.85. The summed E-state index contributed by atoms with van der Waals surface area (Å²) in [7, 11) is 0. The summed E-state index contributed by atoms with van der Waals surface area (Å²) in [6.45, 7) is 0. The predicted octanol–water partition coefficient (Wildman–Crippen LogP) is 4.72. The molecule has 0 aliphatic carbocycles. The number of aliphatic hydroxyl groups is 1. The lowest BCUT2D eigenvalue weighted by Gasteiger charge is -2.28. The number of ether oxygens (including phenoxy) is 1. The molecule has 0 bridgehead atoms. The monoisotopic (exact) mass is 344 g/mol. The molecule has 2 aromatic rings. The Hall–Kier alpha value is -0.550. The average Bonchev–Trinajstić information content (AvgIpc) is 2.70. The topological polar surface area (TPSA) is 29.5 Å². The average molecular weight is 346 g/mol. The Bertz CT molecular complexity index is 565. The van der Waals surface area contributed by atoms with Crippen LogP contribution >= 0.6 is 38.9 Å². The molecule has 3 rings (SSSR count). The lowest BCUT2D eigenvalue weighted by atomic mass is 9.98. The van der Waals surface area contributed by atoms with Crippen molar-refractivity contribution in [3.63, 3.8) is 0 Å². The van der Waals surface area contributed by atoms with Gasteiger partial charge in [0.15, 0.2) is 0 Å². The highest BCUT2D eigenvalue weighted by Crippen LogP contribution is 2.44. The molecule has 18 heavy (non-hydrogen) atoms. The van der Waals surface area contributed by atoms with E-state index in [1.165, 1.54) is 11.3 Å². The first-order valence-electron chi connectivity index (χ1n) is 5.53. The van der Waals surface area contributed by atoms with Crippen molar-refractivity contribution < 1.29 is 9.84 Å². The van der Waals surface area contributed by atoms with E-state index in [2.05, 4.69) is 15.9 Å². The van der Waals surface area contributed by atoms with Gasteiger partial charge in [-0.1, -0.05) is 29.8 Å². The van der Waals surface area contributed by atoms with Crippen LogP contribution in [0.5, 0.6) is 5.75 Å². The van der Waals surface area contributed by atoms with Crippen molar-refractivity contribution in [2.24, 2.45) is 0 Å². The van der Waals surface area contributed by atoms with Gasteiger partial charge in [0, 0.05) is 21.3 Å². The summed E-state index contributed by atoms with van der Waals surface area (Å²) in [6, 6.07) is 9.55. The molecule has 1 aliphatic rings. The number of halogens is 2. The molecule has 1 aromatic carbocycles. The van der Waals surface area contributed by atoms with Crippen molar-refractivity contribution in [3.05, 3.63) is 49.6 Å². The van der Waals surface area contributed by atoms with E-state index in [4.69, 9.17) is 16.3 Å². The summed E-state index contributed by atoms with van der Waals surface area (Å²) >= 11 is 10.9. The molecule has 94 valence electrons. The minimum atomic E-state index is -0.486. The van der Waals surface area contributed by atoms with Gasteiger partial charge in [-0.3, -0.25) is 0 Å². The maximum Gasteiger partial charge on any atom is 0.136 e. The lowest BCUT2D eigenvalue weighted by Crippen LogP contribution is -2.18. The minimum absolute atomic E-state index is 0.135. The van der Waals surface area contributed by atoms with Crippen LogP contribution in [0.1, 0.15) is 29.1 Å². The van der Waals surface area contributed by atoms with Crippen LogP contribution in [0.25, 0.3) is 0 Å². The molecule has 0 saturated carbocycles. The molecule has 2 heterocycles. The normalized spacial score (nSPS) is 22.4. The molecule has 0 radical (unpaired) electrons. The Morgan fingerprint density at radius 3 is 2.89 bits per heavy atom. The molecule has 0 saturated heterocycles. The number of fused-ring (bicyclic) bond motifs is 1. The molecule has 5 heteroatoms. The summed E-state index contributed by atoms with van der Waals surface area (Å²) in [5.74, 6) is 0.752. The summed E-state index contributed by atoms with van der Waals surface area (Å²) < 4.78 is 7.51. The quantitative estimate of drug-likeness (QED) is 0.810. The van der Waals surface area contributed by atoms with Gasteiger partial charge >= 0.3 is 0 Å². The lowest BCUT2D eigenvalue weighted by molar-refractivity contribution is 0.0674. The zero-order valence-corrected chi connectivity index (χ0v) is 12.4. The van der Waals surface area contributed by atoms with E-state index in [1.807, 2.05) is 30.3 Å². The first-order chi connectivity index (χ1) is 8.65. The first kappa shape index (κ1) is 12.5. The predicted molar refractivity (Wildman–Crippen MR) is 76.4 cm³/mol. The van der Waals surface area contributed by atoms with Gasteiger partial charge in [-0.2, -0.15) is 0 Å². The SMILES string of the molecule is O[C@@H]1CC(c2cc(Br)c(Cl)s2)Oc2ccccc21. The van der Waals surface area contributed by atoms with E-state index in [0.29, 0.717) is 10.8 Å². The van der Waals surface area contributed by atoms with E-state index in [-0.39, 0.29) is 6.10 Å². The summed E-state index contributed by atoms with van der Waals surface area (Å²) in [6.07, 6.45) is -0.0661. The highest BCUT2D eigenvalue weighted by atomic mass is 79.9. The molecule has 0 fully saturated rings. The molecule has 0 spiro atoms. The molecular weight excluding hydrogens is 336 g/mol. The molecule has 1 aromatic heterocycles. The smallest absolute Gasteiger partial charge is 0.136 e. The number of thiophene rings is 1. The van der Waals surface area contributed by atoms with Crippen LogP contribution in [0.2, 0.25) is 4.34 Å². The van der Waals surface area contributed by atoms with Crippen molar-refractivity contribution in [2.45, 2.75) is 18.6 Å². The molecule has 1 N–H and O–H groups in total. The number of rotatable bonds is 1. The van der Waals surface area contributed by atoms with E-state index >= 15 is 0 Å². The number of hydrogen-bond acceptors (Lipinski definition) is 3. The van der Waals surface area contributed by atoms with Crippen LogP contribution in [0.4, 0.5) is 0 Å². The van der Waals surface area contributed by atoms with Gasteiger partial charge in [0.1, 0.15) is 16.2 Å². The molecule has 2 atom stereocenters. The zero-order valence-electron chi connectivity index (χ0n) is 9.27. The van der Waals surface area contributed by atoms with Crippen LogP contribution in [0, 0.1) is 0 Å². The maximum atomic E-state index is 10.1. The standard InChI is InChI=1S/C13H10BrClO2S/c14-8-5-12(18-13(8)15)11-6-9(16)7-3-1-2-4-10(7)17-11/h1-5,9,11,16H,6H2/t9-,11?/m1/s1. The van der Waals surface area contributed by atoms with Crippen molar-refractivity contribution >= 4 is 38.9 Å². The van der Waals surface area contributed by atoms with Crippen LogP contribution in [0.3, 0.4) is 0 Å². The van der Waals surface area contributed by atoms with E-state index in [0.717, 1.165) is 20.7 Å². The summed E-state index contributed by atoms with van der Waals surface area (Å²) in [4.78, 5) is 1.03. The molecule has 0 amide bonds. The third-order valence-electron chi connectivity index (χ3n) is 2.97. The van der Waals surface area contributed by atoms with E-state index < -0.39 is 6.10 Å². The van der Waals surface area contributed by atoms with Crippen molar-refractivity contribution in [1.29, 1.82) is 0 Å². The van der Waals surface area contributed by atoms with Crippen LogP contribution < -0.4 is 4.74 Å². The molecule has 1 unspecified atom stereocenters. The van der Waals surface area contributed by atoms with Crippen molar-refractivity contribution in [1.82, 2.24) is 0 Å². The molecular formula is C13H10BrClO2S. The van der Waals surface area contributed by atoms with Gasteiger partial charge in [0.05, 0.1) is 6.10 Å². The highest BCUT2D eigenvalue weighted by molar-refractivity contribution is 9.10. The van der Waals surface area contributed by atoms with Crippen molar-refractivity contribution in [3.8, 4) is 5.75 Å². The van der Waals surface area contributed by atoms with Gasteiger partial charge in [0.25, 0.3) is 0 Å². The Labute approximate surface area is 122 Å². The van der Waals surface area contributed by atoms with E-state index in [1.54, 1.807) is 0 Å². The molecule has 2 nitrogen and oxygen atoms in total. The highest BCUT2D eigenvalue weighted by Gasteiger charge is 2.29. The molecule has 1 aliphatic heterocycles. The fourth-order valence-corrected chi connectivity index (χ4v) is 3.87. The van der Waals surface area contributed by atoms with Crippen LogP contribution in [-0.4, -0.2) is 5.11 Å². The minimum Gasteiger partial charge on any atom is -0.484 e. The third kappa shape index (κ3) is 2.18. The first-order valence-corrected chi connectivity index (χ1v) is 7.52. The van der Waals surface area contributed by atoms with E-state index in [9.17, 15) is 5.11 Å². The Balaban J connectivity index is 1.94. The number of aliphatic hydroxyl groups excluding tert-OH is 1. The van der Waals surface area contributed by atoms with Gasteiger partial charge in [-0.15, -0.1) is 11.3 Å². The van der Waals surface area contributed by atoms with Crippen LogP contribution in [0.15, 0.2) is 34.8 Å². The number of para-hydroxylation sites is 1. The summed E-state index contributed by atoms with van der Waals surface area (Å²) in [5.41, 5.74) is 0.857.